The zero-order valence-corrected chi connectivity index (χ0v) is 12.2. The van der Waals surface area contributed by atoms with Crippen LogP contribution in [-0.4, -0.2) is 40.0 Å². The molecule has 0 saturated heterocycles. The second-order valence-electron chi connectivity index (χ2n) is 3.92. The van der Waals surface area contributed by atoms with E-state index in [0.29, 0.717) is 0 Å². The molecule has 0 radical (unpaired) electrons. The number of hydrogen-bond acceptors (Lipinski definition) is 5. The second kappa shape index (κ2) is 8.11. The lowest BCUT2D eigenvalue weighted by atomic mass is 10.4. The average Bonchev–Trinajstić information content (AvgIpc) is 2.49. The van der Waals surface area contributed by atoms with Crippen LogP contribution in [0.4, 0.5) is 4.39 Å². The predicted molar refractivity (Wildman–Crippen MR) is 74.4 cm³/mol. The molecule has 0 aromatic heterocycles. The molecule has 0 fully saturated rings. The Labute approximate surface area is 126 Å². The fraction of sp³-hybridized carbons (Fsp3) is 0.231. The van der Waals surface area contributed by atoms with Gasteiger partial charge in [0.15, 0.2) is 6.61 Å². The summed E-state index contributed by atoms with van der Waals surface area (Å²) in [6, 6.07) is 4.05. The van der Waals surface area contributed by atoms with E-state index in [0.717, 1.165) is 24.3 Å². The third kappa shape index (κ3) is 5.90. The van der Waals surface area contributed by atoms with Crippen LogP contribution in [0.1, 0.15) is 0 Å². The van der Waals surface area contributed by atoms with Crippen molar-refractivity contribution in [1.29, 1.82) is 0 Å². The van der Waals surface area contributed by atoms with Gasteiger partial charge in [-0.05, 0) is 24.3 Å². The molecule has 0 spiro atoms. The number of esters is 1. The topological polar surface area (TPSA) is 102 Å². The molecule has 7 nitrogen and oxygen atoms in total. The zero-order chi connectivity index (χ0) is 16.6. The lowest BCUT2D eigenvalue weighted by molar-refractivity contribution is -0.147. The molecule has 0 heterocycles. The highest BCUT2D eigenvalue weighted by atomic mass is 32.2. The molecule has 9 heteroatoms. The van der Waals surface area contributed by atoms with Gasteiger partial charge in [0.2, 0.25) is 10.0 Å². The van der Waals surface area contributed by atoms with Gasteiger partial charge < -0.3 is 10.1 Å². The third-order valence-electron chi connectivity index (χ3n) is 2.28. The van der Waals surface area contributed by atoms with Crippen molar-refractivity contribution in [1.82, 2.24) is 10.0 Å². The van der Waals surface area contributed by atoms with Gasteiger partial charge in [0.1, 0.15) is 12.4 Å². The summed E-state index contributed by atoms with van der Waals surface area (Å²) in [6.45, 7) is -1.24. The minimum atomic E-state index is -3.97. The molecule has 1 amide bonds. The van der Waals surface area contributed by atoms with Crippen LogP contribution in [0, 0.1) is 18.2 Å². The second-order valence-corrected chi connectivity index (χ2v) is 5.69. The van der Waals surface area contributed by atoms with Gasteiger partial charge in [0.25, 0.3) is 5.91 Å². The number of terminal acetylenes is 1. The number of rotatable bonds is 7. The Balaban J connectivity index is 2.45. The van der Waals surface area contributed by atoms with Crippen molar-refractivity contribution in [3.63, 3.8) is 0 Å². The molecule has 0 bridgehead atoms. The van der Waals surface area contributed by atoms with Crippen molar-refractivity contribution >= 4 is 21.9 Å². The van der Waals surface area contributed by atoms with Crippen LogP contribution in [0.15, 0.2) is 29.2 Å². The molecular weight excluding hydrogens is 315 g/mol. The molecule has 0 unspecified atom stereocenters. The van der Waals surface area contributed by atoms with Crippen LogP contribution in [0.2, 0.25) is 0 Å². The maximum Gasteiger partial charge on any atom is 0.321 e. The van der Waals surface area contributed by atoms with Gasteiger partial charge in [0.05, 0.1) is 11.4 Å². The highest BCUT2D eigenvalue weighted by Gasteiger charge is 2.16. The van der Waals surface area contributed by atoms with Crippen LogP contribution < -0.4 is 10.0 Å². The fourth-order valence-corrected chi connectivity index (χ4v) is 2.22. The van der Waals surface area contributed by atoms with E-state index in [-0.39, 0.29) is 11.4 Å². The summed E-state index contributed by atoms with van der Waals surface area (Å²) in [4.78, 5) is 22.2. The van der Waals surface area contributed by atoms with E-state index in [9.17, 15) is 22.4 Å². The molecule has 1 aromatic carbocycles. The third-order valence-corrected chi connectivity index (χ3v) is 3.70. The number of amides is 1. The molecule has 0 aliphatic heterocycles. The van der Waals surface area contributed by atoms with Gasteiger partial charge in [0, 0.05) is 0 Å². The monoisotopic (exact) mass is 328 g/mol. The number of carbonyl (C=O) groups is 2. The summed E-state index contributed by atoms with van der Waals surface area (Å²) in [5.74, 6) is 0.0289. The van der Waals surface area contributed by atoms with Crippen LogP contribution in [0.5, 0.6) is 0 Å². The van der Waals surface area contributed by atoms with Crippen molar-refractivity contribution in [3.05, 3.63) is 30.1 Å². The number of ether oxygens (including phenoxy) is 1. The molecule has 118 valence electrons. The maximum absolute atomic E-state index is 12.7. The smallest absolute Gasteiger partial charge is 0.321 e. The number of benzene rings is 1. The van der Waals surface area contributed by atoms with E-state index in [1.807, 2.05) is 4.72 Å². The highest BCUT2D eigenvalue weighted by Crippen LogP contribution is 2.09. The lowest BCUT2D eigenvalue weighted by Crippen LogP contribution is -2.34. The Morgan fingerprint density at radius 2 is 1.91 bits per heavy atom. The summed E-state index contributed by atoms with van der Waals surface area (Å²) in [7, 11) is -3.97. The lowest BCUT2D eigenvalue weighted by Gasteiger charge is -2.07. The minimum Gasteiger partial charge on any atom is -0.455 e. The average molecular weight is 328 g/mol. The van der Waals surface area contributed by atoms with Gasteiger partial charge >= 0.3 is 5.97 Å². The number of halogens is 1. The first-order valence-corrected chi connectivity index (χ1v) is 7.44. The standard InChI is InChI=1S/C13H13FN2O5S/c1-2-7-15-12(17)9-21-13(18)8-16-22(19,20)11-5-3-10(14)4-6-11/h1,3-6,16H,7-9H2,(H,15,17). The molecule has 22 heavy (non-hydrogen) atoms. The van der Waals surface area contributed by atoms with E-state index in [1.165, 1.54) is 0 Å². The van der Waals surface area contributed by atoms with Crippen molar-refractivity contribution in [2.75, 3.05) is 19.7 Å². The number of sulfonamides is 1. The van der Waals surface area contributed by atoms with Crippen molar-refractivity contribution in [3.8, 4) is 12.3 Å². The van der Waals surface area contributed by atoms with Gasteiger partial charge in [-0.15, -0.1) is 6.42 Å². The summed E-state index contributed by atoms with van der Waals surface area (Å²) in [5.41, 5.74) is 0. The summed E-state index contributed by atoms with van der Waals surface area (Å²) in [5, 5.41) is 2.26. The molecule has 0 saturated carbocycles. The minimum absolute atomic E-state index is 0.00637. The Bertz CT molecular complexity index is 679. The normalized spacial score (nSPS) is 10.5. The van der Waals surface area contributed by atoms with Gasteiger partial charge in [-0.3, -0.25) is 9.59 Å². The van der Waals surface area contributed by atoms with E-state index in [1.54, 1.807) is 0 Å². The quantitative estimate of drug-likeness (QED) is 0.514. The molecule has 2 N–H and O–H groups in total. The molecule has 1 aromatic rings. The largest absolute Gasteiger partial charge is 0.455 e. The molecule has 1 rings (SSSR count). The van der Waals surface area contributed by atoms with E-state index in [2.05, 4.69) is 16.0 Å². The first-order chi connectivity index (χ1) is 10.3. The Hall–Kier alpha value is -2.44. The van der Waals surface area contributed by atoms with Crippen LogP contribution >= 0.6 is 0 Å². The first-order valence-electron chi connectivity index (χ1n) is 5.96. The number of carbonyl (C=O) groups excluding carboxylic acids is 2. The van der Waals surface area contributed by atoms with E-state index >= 15 is 0 Å². The Morgan fingerprint density at radius 1 is 1.27 bits per heavy atom. The first kappa shape index (κ1) is 17.6. The van der Waals surface area contributed by atoms with Crippen molar-refractivity contribution in [2.45, 2.75) is 4.90 Å². The Kier molecular flexibility index (Phi) is 6.49. The van der Waals surface area contributed by atoms with Crippen LogP contribution in [-0.2, 0) is 24.3 Å². The van der Waals surface area contributed by atoms with E-state index < -0.39 is 40.9 Å². The van der Waals surface area contributed by atoms with Gasteiger partial charge in [-0.1, -0.05) is 5.92 Å². The van der Waals surface area contributed by atoms with Crippen LogP contribution in [0.25, 0.3) is 0 Å². The summed E-state index contributed by atoms with van der Waals surface area (Å²) in [6.07, 6.45) is 4.92. The number of nitrogens with one attached hydrogen (secondary N) is 2. The summed E-state index contributed by atoms with van der Waals surface area (Å²) >= 11 is 0. The van der Waals surface area contributed by atoms with Crippen molar-refractivity contribution < 1.29 is 27.1 Å². The molecule has 0 atom stereocenters. The zero-order valence-electron chi connectivity index (χ0n) is 11.3. The maximum atomic E-state index is 12.7. The molecule has 0 aliphatic carbocycles. The predicted octanol–water partition coefficient (Wildman–Crippen LogP) is -0.603. The fourth-order valence-electron chi connectivity index (χ4n) is 1.25. The molecule has 0 aliphatic rings. The number of hydrogen-bond donors (Lipinski definition) is 2. The van der Waals surface area contributed by atoms with Gasteiger partial charge in [-0.2, -0.15) is 4.72 Å². The van der Waals surface area contributed by atoms with Crippen LogP contribution in [0.3, 0.4) is 0 Å². The van der Waals surface area contributed by atoms with Crippen molar-refractivity contribution in [2.24, 2.45) is 0 Å². The summed E-state index contributed by atoms with van der Waals surface area (Å²) < 4.78 is 42.8. The van der Waals surface area contributed by atoms with Gasteiger partial charge in [-0.25, -0.2) is 12.8 Å². The van der Waals surface area contributed by atoms with E-state index in [4.69, 9.17) is 6.42 Å². The highest BCUT2D eigenvalue weighted by molar-refractivity contribution is 7.89. The molecular formula is C13H13FN2O5S. The SMILES string of the molecule is C#CCNC(=O)COC(=O)CNS(=O)(=O)c1ccc(F)cc1. The Morgan fingerprint density at radius 3 is 2.50 bits per heavy atom.